The maximum atomic E-state index is 11.8. The third-order valence-corrected chi connectivity index (χ3v) is 2.30. The van der Waals surface area contributed by atoms with Crippen LogP contribution in [0.4, 0.5) is 13.2 Å². The molecule has 1 rings (SSSR count). The van der Waals surface area contributed by atoms with Gasteiger partial charge in [-0.2, -0.15) is 13.2 Å². The van der Waals surface area contributed by atoms with Crippen LogP contribution < -0.4 is 4.74 Å². The number of aldehydes is 1. The van der Waals surface area contributed by atoms with Gasteiger partial charge in [0.05, 0.1) is 11.6 Å². The van der Waals surface area contributed by atoms with Crippen LogP contribution in [0.5, 0.6) is 5.75 Å². The molecule has 0 atom stereocenters. The molecular formula is C11H10ClF3O2. The lowest BCUT2D eigenvalue weighted by atomic mass is 10.2. The minimum atomic E-state index is -4.16. The Morgan fingerprint density at radius 2 is 2.06 bits per heavy atom. The maximum Gasteiger partial charge on any atom is 0.389 e. The SMILES string of the molecule is O=Cc1ccc(OCCCC(F)(F)F)cc1Cl. The number of halogens is 4. The van der Waals surface area contributed by atoms with Gasteiger partial charge in [0.25, 0.3) is 0 Å². The van der Waals surface area contributed by atoms with Crippen molar-refractivity contribution in [2.45, 2.75) is 19.0 Å². The van der Waals surface area contributed by atoms with E-state index in [2.05, 4.69) is 0 Å². The zero-order valence-corrected chi connectivity index (χ0v) is 9.52. The minimum Gasteiger partial charge on any atom is -0.494 e. The Hall–Kier alpha value is -1.23. The number of alkyl halides is 3. The maximum absolute atomic E-state index is 11.8. The van der Waals surface area contributed by atoms with Crippen LogP contribution in [0.25, 0.3) is 0 Å². The Morgan fingerprint density at radius 3 is 2.59 bits per heavy atom. The summed E-state index contributed by atoms with van der Waals surface area (Å²) >= 11 is 5.72. The first-order chi connectivity index (χ1) is 7.92. The number of hydrogen-bond acceptors (Lipinski definition) is 2. The van der Waals surface area contributed by atoms with Gasteiger partial charge in [0.15, 0.2) is 6.29 Å². The van der Waals surface area contributed by atoms with Crippen LogP contribution in [-0.4, -0.2) is 19.1 Å². The lowest BCUT2D eigenvalue weighted by Gasteiger charge is -2.08. The zero-order valence-electron chi connectivity index (χ0n) is 8.76. The first-order valence-corrected chi connectivity index (χ1v) is 5.24. The van der Waals surface area contributed by atoms with Crippen molar-refractivity contribution in [2.24, 2.45) is 0 Å². The summed E-state index contributed by atoms with van der Waals surface area (Å²) in [4.78, 5) is 10.5. The molecule has 0 heterocycles. The van der Waals surface area contributed by atoms with E-state index in [0.29, 0.717) is 17.6 Å². The second-order valence-electron chi connectivity index (χ2n) is 3.37. The van der Waals surface area contributed by atoms with Gasteiger partial charge in [0.1, 0.15) is 5.75 Å². The van der Waals surface area contributed by atoms with Crippen molar-refractivity contribution in [1.82, 2.24) is 0 Å². The van der Waals surface area contributed by atoms with E-state index in [0.717, 1.165) is 0 Å². The summed E-state index contributed by atoms with van der Waals surface area (Å²) in [6, 6.07) is 4.34. The Balaban J connectivity index is 2.42. The van der Waals surface area contributed by atoms with E-state index in [1.54, 1.807) is 0 Å². The van der Waals surface area contributed by atoms with Crippen LogP contribution in [-0.2, 0) is 0 Å². The number of carbonyl (C=O) groups excluding carboxylic acids is 1. The zero-order chi connectivity index (χ0) is 12.9. The van der Waals surface area contributed by atoms with Crippen LogP contribution >= 0.6 is 11.6 Å². The van der Waals surface area contributed by atoms with Crippen LogP contribution in [0.3, 0.4) is 0 Å². The van der Waals surface area contributed by atoms with Gasteiger partial charge in [-0.1, -0.05) is 11.6 Å². The molecule has 0 saturated carbocycles. The van der Waals surface area contributed by atoms with E-state index < -0.39 is 12.6 Å². The van der Waals surface area contributed by atoms with Crippen molar-refractivity contribution in [3.05, 3.63) is 28.8 Å². The fourth-order valence-corrected chi connectivity index (χ4v) is 1.37. The molecule has 0 fully saturated rings. The van der Waals surface area contributed by atoms with E-state index in [-0.39, 0.29) is 18.1 Å². The predicted octanol–water partition coefficient (Wildman–Crippen LogP) is 3.87. The Labute approximate surface area is 101 Å². The molecule has 0 aliphatic carbocycles. The highest BCUT2D eigenvalue weighted by molar-refractivity contribution is 6.33. The summed E-state index contributed by atoms with van der Waals surface area (Å²) in [7, 11) is 0. The van der Waals surface area contributed by atoms with Gasteiger partial charge in [0.2, 0.25) is 0 Å². The minimum absolute atomic E-state index is 0.0454. The smallest absolute Gasteiger partial charge is 0.389 e. The number of ether oxygens (including phenoxy) is 1. The van der Waals surface area contributed by atoms with E-state index in [4.69, 9.17) is 16.3 Å². The largest absolute Gasteiger partial charge is 0.494 e. The molecular weight excluding hydrogens is 257 g/mol. The summed E-state index contributed by atoms with van der Waals surface area (Å²) in [5, 5.41) is 0.216. The molecule has 17 heavy (non-hydrogen) atoms. The lowest BCUT2D eigenvalue weighted by Crippen LogP contribution is -2.09. The summed E-state index contributed by atoms with van der Waals surface area (Å²) in [5.41, 5.74) is 0.314. The fourth-order valence-electron chi connectivity index (χ4n) is 1.16. The molecule has 94 valence electrons. The summed E-state index contributed by atoms with van der Waals surface area (Å²) in [6.07, 6.45) is -4.57. The monoisotopic (exact) mass is 266 g/mol. The van der Waals surface area contributed by atoms with Gasteiger partial charge in [-0.3, -0.25) is 4.79 Å². The third kappa shape index (κ3) is 5.08. The number of benzene rings is 1. The molecule has 2 nitrogen and oxygen atoms in total. The highest BCUT2D eigenvalue weighted by Gasteiger charge is 2.26. The molecule has 0 saturated heterocycles. The Morgan fingerprint density at radius 1 is 1.35 bits per heavy atom. The topological polar surface area (TPSA) is 26.3 Å². The average molecular weight is 267 g/mol. The van der Waals surface area contributed by atoms with E-state index in [1.807, 2.05) is 0 Å². The highest BCUT2D eigenvalue weighted by atomic mass is 35.5. The van der Waals surface area contributed by atoms with Crippen molar-refractivity contribution in [3.8, 4) is 5.75 Å². The van der Waals surface area contributed by atoms with Crippen LogP contribution in [0.2, 0.25) is 5.02 Å². The van der Waals surface area contributed by atoms with Gasteiger partial charge in [-0.05, 0) is 24.6 Å². The Bertz CT molecular complexity index is 391. The van der Waals surface area contributed by atoms with Crippen LogP contribution in [0.15, 0.2) is 18.2 Å². The molecule has 0 N–H and O–H groups in total. The quantitative estimate of drug-likeness (QED) is 0.597. The first kappa shape index (κ1) is 13.8. The van der Waals surface area contributed by atoms with Gasteiger partial charge in [-0.25, -0.2) is 0 Å². The van der Waals surface area contributed by atoms with E-state index in [9.17, 15) is 18.0 Å². The molecule has 0 aromatic heterocycles. The molecule has 0 bridgehead atoms. The molecule has 0 radical (unpaired) electrons. The molecule has 6 heteroatoms. The van der Waals surface area contributed by atoms with Crippen molar-refractivity contribution in [2.75, 3.05) is 6.61 Å². The molecule has 0 aliphatic rings. The van der Waals surface area contributed by atoms with E-state index >= 15 is 0 Å². The summed E-state index contributed by atoms with van der Waals surface area (Å²) < 4.78 is 40.6. The lowest BCUT2D eigenvalue weighted by molar-refractivity contribution is -0.136. The van der Waals surface area contributed by atoms with Crippen molar-refractivity contribution >= 4 is 17.9 Å². The van der Waals surface area contributed by atoms with E-state index in [1.165, 1.54) is 18.2 Å². The third-order valence-electron chi connectivity index (χ3n) is 1.97. The van der Waals surface area contributed by atoms with Gasteiger partial charge in [0, 0.05) is 12.0 Å². The molecule has 0 aliphatic heterocycles. The normalized spacial score (nSPS) is 11.3. The second kappa shape index (κ2) is 5.91. The van der Waals surface area contributed by atoms with Crippen molar-refractivity contribution in [3.63, 3.8) is 0 Å². The van der Waals surface area contributed by atoms with Gasteiger partial charge in [-0.15, -0.1) is 0 Å². The van der Waals surface area contributed by atoms with Crippen LogP contribution in [0, 0.1) is 0 Å². The predicted molar refractivity (Wildman–Crippen MR) is 57.6 cm³/mol. The number of rotatable bonds is 5. The van der Waals surface area contributed by atoms with Gasteiger partial charge < -0.3 is 4.74 Å². The standard InChI is InChI=1S/C11H10ClF3O2/c12-10-6-9(3-2-8(10)7-16)17-5-1-4-11(13,14)15/h2-3,6-7H,1,4-5H2. The molecule has 0 spiro atoms. The first-order valence-electron chi connectivity index (χ1n) is 4.86. The van der Waals surface area contributed by atoms with Gasteiger partial charge >= 0.3 is 6.18 Å². The Kier molecular flexibility index (Phi) is 4.81. The molecule has 0 unspecified atom stereocenters. The average Bonchev–Trinajstić information content (AvgIpc) is 2.23. The van der Waals surface area contributed by atoms with Crippen molar-refractivity contribution in [1.29, 1.82) is 0 Å². The van der Waals surface area contributed by atoms with Crippen LogP contribution in [0.1, 0.15) is 23.2 Å². The highest BCUT2D eigenvalue weighted by Crippen LogP contribution is 2.23. The summed E-state index contributed by atoms with van der Waals surface area (Å²) in [6.45, 7) is -0.0454. The number of carbonyl (C=O) groups is 1. The molecule has 1 aromatic rings. The molecule has 1 aromatic carbocycles. The second-order valence-corrected chi connectivity index (χ2v) is 3.78. The fraction of sp³-hybridized carbons (Fsp3) is 0.364. The molecule has 0 amide bonds. The number of hydrogen-bond donors (Lipinski definition) is 0. The summed E-state index contributed by atoms with van der Waals surface area (Å²) in [5.74, 6) is 0.350. The van der Waals surface area contributed by atoms with Crippen molar-refractivity contribution < 1.29 is 22.7 Å².